The number of hydrogen-bond donors (Lipinski definition) is 2. The molecule has 134 valence electrons. The SMILES string of the molecule is COc1ccc(-c2n[nH]c(=S)n2/N=C/c2cc(Cl)ccc2O)cc1OC. The lowest BCUT2D eigenvalue weighted by atomic mass is 10.2. The number of halogens is 1. The molecule has 0 aliphatic carbocycles. The van der Waals surface area contributed by atoms with Crippen LogP contribution < -0.4 is 9.47 Å². The number of H-pyrrole nitrogens is 1. The molecule has 1 aromatic heterocycles. The van der Waals surface area contributed by atoms with E-state index in [1.807, 2.05) is 6.07 Å². The van der Waals surface area contributed by atoms with Crippen LogP contribution in [0.25, 0.3) is 11.4 Å². The smallest absolute Gasteiger partial charge is 0.216 e. The summed E-state index contributed by atoms with van der Waals surface area (Å²) in [5.41, 5.74) is 1.18. The molecule has 2 aromatic carbocycles. The second kappa shape index (κ2) is 7.59. The molecule has 0 atom stereocenters. The fraction of sp³-hybridized carbons (Fsp3) is 0.118. The Hall–Kier alpha value is -2.84. The summed E-state index contributed by atoms with van der Waals surface area (Å²) in [6.07, 6.45) is 1.46. The fourth-order valence-corrected chi connectivity index (χ4v) is 2.67. The average molecular weight is 391 g/mol. The number of phenolic OH excluding ortho intramolecular Hbond substituents is 1. The van der Waals surface area contributed by atoms with E-state index in [0.29, 0.717) is 32.7 Å². The second-order valence-electron chi connectivity index (χ2n) is 5.18. The number of hydrogen-bond acceptors (Lipinski definition) is 6. The molecule has 3 rings (SSSR count). The van der Waals surface area contributed by atoms with Crippen molar-refractivity contribution >= 4 is 30.0 Å². The zero-order valence-corrected chi connectivity index (χ0v) is 15.5. The molecular weight excluding hydrogens is 376 g/mol. The van der Waals surface area contributed by atoms with Gasteiger partial charge in [0.1, 0.15) is 5.75 Å². The molecule has 0 spiro atoms. The van der Waals surface area contributed by atoms with E-state index in [1.54, 1.807) is 38.5 Å². The molecule has 1 heterocycles. The Morgan fingerprint density at radius 1 is 1.19 bits per heavy atom. The summed E-state index contributed by atoms with van der Waals surface area (Å²) >= 11 is 11.2. The lowest BCUT2D eigenvalue weighted by Crippen LogP contribution is -1.97. The number of ether oxygens (including phenoxy) is 2. The molecule has 0 saturated carbocycles. The van der Waals surface area contributed by atoms with E-state index in [4.69, 9.17) is 33.3 Å². The second-order valence-corrected chi connectivity index (χ2v) is 6.00. The lowest BCUT2D eigenvalue weighted by molar-refractivity contribution is 0.355. The van der Waals surface area contributed by atoms with Crippen LogP contribution in [0.4, 0.5) is 0 Å². The van der Waals surface area contributed by atoms with Gasteiger partial charge in [-0.15, -0.1) is 0 Å². The van der Waals surface area contributed by atoms with Gasteiger partial charge in [-0.1, -0.05) is 11.6 Å². The molecular formula is C17H15ClN4O3S. The first-order valence-electron chi connectivity index (χ1n) is 7.46. The van der Waals surface area contributed by atoms with Crippen molar-refractivity contribution in [3.8, 4) is 28.6 Å². The maximum Gasteiger partial charge on any atom is 0.216 e. The van der Waals surface area contributed by atoms with Gasteiger partial charge in [0.2, 0.25) is 4.77 Å². The quantitative estimate of drug-likeness (QED) is 0.510. The van der Waals surface area contributed by atoms with E-state index < -0.39 is 0 Å². The van der Waals surface area contributed by atoms with Crippen molar-refractivity contribution in [3.63, 3.8) is 0 Å². The van der Waals surface area contributed by atoms with Crippen LogP contribution in [0.1, 0.15) is 5.56 Å². The number of benzene rings is 2. The highest BCUT2D eigenvalue weighted by Crippen LogP contribution is 2.31. The van der Waals surface area contributed by atoms with Crippen molar-refractivity contribution in [1.82, 2.24) is 14.9 Å². The van der Waals surface area contributed by atoms with Crippen LogP contribution in [0.3, 0.4) is 0 Å². The first-order chi connectivity index (χ1) is 12.5. The van der Waals surface area contributed by atoms with Crippen molar-refractivity contribution < 1.29 is 14.6 Å². The van der Waals surface area contributed by atoms with Crippen LogP contribution in [0, 0.1) is 4.77 Å². The third-order valence-corrected chi connectivity index (χ3v) is 4.09. The molecule has 0 saturated heterocycles. The van der Waals surface area contributed by atoms with Crippen LogP contribution in [-0.4, -0.2) is 40.4 Å². The summed E-state index contributed by atoms with van der Waals surface area (Å²) in [7, 11) is 3.12. The van der Waals surface area contributed by atoms with Gasteiger partial charge in [-0.05, 0) is 48.6 Å². The van der Waals surface area contributed by atoms with Crippen molar-refractivity contribution in [1.29, 1.82) is 0 Å². The van der Waals surface area contributed by atoms with E-state index >= 15 is 0 Å². The molecule has 0 unspecified atom stereocenters. The summed E-state index contributed by atoms with van der Waals surface area (Å²) < 4.78 is 12.3. The minimum Gasteiger partial charge on any atom is -0.507 e. The van der Waals surface area contributed by atoms with Crippen LogP contribution in [0.2, 0.25) is 5.02 Å². The average Bonchev–Trinajstić information content (AvgIpc) is 3.02. The maximum absolute atomic E-state index is 9.91. The highest BCUT2D eigenvalue weighted by molar-refractivity contribution is 7.71. The zero-order valence-electron chi connectivity index (χ0n) is 13.9. The van der Waals surface area contributed by atoms with Crippen LogP contribution >= 0.6 is 23.8 Å². The predicted molar refractivity (Wildman–Crippen MR) is 102 cm³/mol. The van der Waals surface area contributed by atoms with Gasteiger partial charge in [-0.2, -0.15) is 14.9 Å². The Morgan fingerprint density at radius 2 is 1.96 bits per heavy atom. The topological polar surface area (TPSA) is 84.7 Å². The van der Waals surface area contributed by atoms with Gasteiger partial charge >= 0.3 is 0 Å². The van der Waals surface area contributed by atoms with Gasteiger partial charge in [0, 0.05) is 16.1 Å². The molecule has 0 radical (unpaired) electrons. The van der Waals surface area contributed by atoms with Crippen molar-refractivity contribution in [2.45, 2.75) is 0 Å². The number of aromatic nitrogens is 3. The Labute approximate surface area is 159 Å². The fourth-order valence-electron chi connectivity index (χ4n) is 2.31. The largest absolute Gasteiger partial charge is 0.507 e. The van der Waals surface area contributed by atoms with Crippen LogP contribution in [0.15, 0.2) is 41.5 Å². The third-order valence-electron chi connectivity index (χ3n) is 3.59. The molecule has 9 heteroatoms. The van der Waals surface area contributed by atoms with Crippen molar-refractivity contribution in [2.75, 3.05) is 14.2 Å². The highest BCUT2D eigenvalue weighted by atomic mass is 35.5. The summed E-state index contributed by atoms with van der Waals surface area (Å²) in [4.78, 5) is 0. The Bertz CT molecular complexity index is 1030. The molecule has 0 fully saturated rings. The minimum absolute atomic E-state index is 0.0563. The standard InChI is InChI=1S/C17H15ClN4O3S/c1-24-14-6-3-10(8-15(14)25-2)16-20-21-17(26)22(16)19-9-11-7-12(18)4-5-13(11)23/h3-9,23H,1-2H3,(H,21,26)/b19-9+. The van der Waals surface area contributed by atoms with Gasteiger partial charge in [0.05, 0.1) is 20.4 Å². The molecule has 0 aliphatic rings. The van der Waals surface area contributed by atoms with Crippen molar-refractivity contribution in [2.24, 2.45) is 5.10 Å². The van der Waals surface area contributed by atoms with Crippen LogP contribution in [0.5, 0.6) is 17.2 Å². The van der Waals surface area contributed by atoms with Gasteiger partial charge in [0.15, 0.2) is 17.3 Å². The molecule has 0 amide bonds. The number of nitrogens with zero attached hydrogens (tertiary/aromatic N) is 3. The minimum atomic E-state index is 0.0563. The van der Waals surface area contributed by atoms with Gasteiger partial charge in [-0.3, -0.25) is 0 Å². The van der Waals surface area contributed by atoms with E-state index in [-0.39, 0.29) is 5.75 Å². The monoisotopic (exact) mass is 390 g/mol. The first kappa shape index (κ1) is 18.0. The summed E-state index contributed by atoms with van der Waals surface area (Å²) in [6, 6.07) is 10.0. The summed E-state index contributed by atoms with van der Waals surface area (Å²) in [6.45, 7) is 0. The first-order valence-corrected chi connectivity index (χ1v) is 8.25. The van der Waals surface area contributed by atoms with Crippen LogP contribution in [-0.2, 0) is 0 Å². The number of methoxy groups -OCH3 is 2. The number of rotatable bonds is 5. The molecule has 0 bridgehead atoms. The van der Waals surface area contributed by atoms with Gasteiger partial charge < -0.3 is 14.6 Å². The van der Waals surface area contributed by atoms with Crippen molar-refractivity contribution in [3.05, 3.63) is 51.8 Å². The molecule has 3 aromatic rings. The molecule has 2 N–H and O–H groups in total. The zero-order chi connectivity index (χ0) is 18.7. The Balaban J connectivity index is 2.04. The highest BCUT2D eigenvalue weighted by Gasteiger charge is 2.12. The lowest BCUT2D eigenvalue weighted by Gasteiger charge is -2.09. The van der Waals surface area contributed by atoms with E-state index in [0.717, 1.165) is 5.56 Å². The summed E-state index contributed by atoms with van der Waals surface area (Å²) in [5.74, 6) is 1.70. The van der Waals surface area contributed by atoms with Gasteiger partial charge in [0.25, 0.3) is 0 Å². The number of phenols is 1. The van der Waals surface area contributed by atoms with E-state index in [2.05, 4.69) is 15.3 Å². The maximum atomic E-state index is 9.91. The predicted octanol–water partition coefficient (Wildman–Crippen LogP) is 3.87. The number of aromatic amines is 1. The number of aromatic hydroxyl groups is 1. The van der Waals surface area contributed by atoms with E-state index in [9.17, 15) is 5.11 Å². The normalized spacial score (nSPS) is 11.0. The summed E-state index contributed by atoms with van der Waals surface area (Å²) in [5, 5.41) is 21.6. The molecule has 7 nitrogen and oxygen atoms in total. The molecule has 26 heavy (non-hydrogen) atoms. The Morgan fingerprint density at radius 3 is 2.69 bits per heavy atom. The van der Waals surface area contributed by atoms with E-state index in [1.165, 1.54) is 17.0 Å². The Kier molecular flexibility index (Phi) is 5.24. The third kappa shape index (κ3) is 3.56. The number of nitrogens with one attached hydrogen (secondary N) is 1. The van der Waals surface area contributed by atoms with Gasteiger partial charge in [-0.25, -0.2) is 5.10 Å². The molecule has 0 aliphatic heterocycles.